The minimum absolute atomic E-state index is 0.189. The summed E-state index contributed by atoms with van der Waals surface area (Å²) >= 11 is 1.45. The summed E-state index contributed by atoms with van der Waals surface area (Å²) in [5.41, 5.74) is 8.33. The molecule has 2 aromatic heterocycles. The van der Waals surface area contributed by atoms with Gasteiger partial charge < -0.3 is 20.2 Å². The summed E-state index contributed by atoms with van der Waals surface area (Å²) in [7, 11) is 1.74. The first-order valence-electron chi connectivity index (χ1n) is 11.2. The summed E-state index contributed by atoms with van der Waals surface area (Å²) in [5.74, 6) is 6.44. The summed E-state index contributed by atoms with van der Waals surface area (Å²) in [6.07, 6.45) is 5.22. The second-order valence-corrected chi connectivity index (χ2v) is 12.6. The molecule has 3 rings (SSSR count). The van der Waals surface area contributed by atoms with E-state index < -0.39 is 22.1 Å². The number of carbonyl (C=O) groups excluding carboxylic acids is 1. The molecule has 0 spiro atoms. The number of likely N-dealkylation sites (N-methyl/N-ethyl adjacent to an activating group) is 1. The fourth-order valence-electron chi connectivity index (χ4n) is 3.52. The van der Waals surface area contributed by atoms with E-state index in [1.54, 1.807) is 30.9 Å². The molecule has 0 aliphatic rings. The molecule has 0 aliphatic heterocycles. The molecule has 11 heteroatoms. The molecule has 0 amide bonds. The molecule has 1 atom stereocenters. The van der Waals surface area contributed by atoms with E-state index >= 15 is 0 Å². The maximum atomic E-state index is 13.7. The number of benzene rings is 1. The van der Waals surface area contributed by atoms with Gasteiger partial charge in [-0.3, -0.25) is 9.19 Å². The van der Waals surface area contributed by atoms with Gasteiger partial charge in [0.25, 0.3) is 0 Å². The number of thiol groups is 1. The zero-order valence-electron chi connectivity index (χ0n) is 20.8. The summed E-state index contributed by atoms with van der Waals surface area (Å²) in [5, 5.41) is 1.24. The normalized spacial score (nSPS) is 13.3. The third kappa shape index (κ3) is 6.70. The Hall–Kier alpha value is -3.25. The summed E-state index contributed by atoms with van der Waals surface area (Å²) in [6.45, 7) is 0.189. The van der Waals surface area contributed by atoms with Gasteiger partial charge in [-0.25, -0.2) is 14.9 Å². The van der Waals surface area contributed by atoms with Gasteiger partial charge >= 0.3 is 5.97 Å². The van der Waals surface area contributed by atoms with Crippen molar-refractivity contribution in [1.82, 2.24) is 14.3 Å². The largest absolute Gasteiger partial charge is 0.497 e. The monoisotopic (exact) mass is 531 g/mol. The fourth-order valence-corrected chi connectivity index (χ4v) is 6.75. The van der Waals surface area contributed by atoms with Gasteiger partial charge in [0.1, 0.15) is 11.8 Å². The van der Waals surface area contributed by atoms with Gasteiger partial charge in [-0.15, -0.1) is 11.3 Å². The molecule has 0 unspecified atom stereocenters. The molecule has 4 N–H and O–H groups in total. The maximum absolute atomic E-state index is 13.7. The van der Waals surface area contributed by atoms with E-state index in [9.17, 15) is 9.00 Å². The standard InChI is InChI=1S/C25H33N5O4S2/c1-29(36(4,32)24-13-12-23(35-24)21-7-5-6-14-28-21)16-19(26)17-30(27)22(25(31)34-3)15-18-8-10-20(33-2)11-9-18/h5-14,17,22,36H,15-16,26-27H2,1-4H3/b19-17-/t22-/m0/s1. The van der Waals surface area contributed by atoms with Gasteiger partial charge in [0, 0.05) is 30.8 Å². The predicted octanol–water partition coefficient (Wildman–Crippen LogP) is 2.43. The van der Waals surface area contributed by atoms with Crippen molar-refractivity contribution in [1.29, 1.82) is 0 Å². The first kappa shape index (κ1) is 27.3. The van der Waals surface area contributed by atoms with Crippen molar-refractivity contribution < 1.29 is 18.5 Å². The molecule has 9 nitrogen and oxygen atoms in total. The third-order valence-electron chi connectivity index (χ3n) is 5.72. The molecule has 0 saturated carbocycles. The molecule has 0 saturated heterocycles. The second kappa shape index (κ2) is 12.1. The Kier molecular flexibility index (Phi) is 9.21. The lowest BCUT2D eigenvalue weighted by Crippen LogP contribution is -2.45. The molecule has 0 radical (unpaired) electrons. The summed E-state index contributed by atoms with van der Waals surface area (Å²) in [4.78, 5) is 17.8. The number of ether oxygens (including phenoxy) is 2. The Labute approximate surface area is 216 Å². The van der Waals surface area contributed by atoms with Crippen LogP contribution in [-0.4, -0.2) is 64.6 Å². The molecule has 2 heterocycles. The van der Waals surface area contributed by atoms with Crippen molar-refractivity contribution >= 4 is 27.4 Å². The number of hydrazine groups is 1. The highest BCUT2D eigenvalue weighted by molar-refractivity contribution is 8.02. The number of hydrogen-bond acceptors (Lipinski definition) is 9. The molecular weight excluding hydrogens is 498 g/mol. The van der Waals surface area contributed by atoms with Crippen LogP contribution in [0.15, 0.2) is 76.9 Å². The lowest BCUT2D eigenvalue weighted by Gasteiger charge is -2.30. The number of aromatic nitrogens is 1. The van der Waals surface area contributed by atoms with Crippen LogP contribution in [-0.2, 0) is 26.1 Å². The first-order chi connectivity index (χ1) is 17.1. The van der Waals surface area contributed by atoms with E-state index in [1.807, 2.05) is 54.6 Å². The molecule has 0 fully saturated rings. The van der Waals surface area contributed by atoms with Gasteiger partial charge in [0.2, 0.25) is 0 Å². The second-order valence-electron chi connectivity index (χ2n) is 8.29. The van der Waals surface area contributed by atoms with Crippen LogP contribution in [0.1, 0.15) is 5.56 Å². The zero-order valence-corrected chi connectivity index (χ0v) is 22.5. The van der Waals surface area contributed by atoms with Crippen molar-refractivity contribution in [2.24, 2.45) is 11.6 Å². The van der Waals surface area contributed by atoms with E-state index in [1.165, 1.54) is 29.7 Å². The van der Waals surface area contributed by atoms with Crippen molar-refractivity contribution in [3.8, 4) is 16.3 Å². The number of thiophene rings is 1. The molecule has 3 aromatic rings. The third-order valence-corrected chi connectivity index (χ3v) is 10.3. The number of carbonyl (C=O) groups is 1. The van der Waals surface area contributed by atoms with Gasteiger partial charge in [0.05, 0.1) is 35.5 Å². The van der Waals surface area contributed by atoms with E-state index in [0.717, 1.165) is 20.3 Å². The number of nitrogens with zero attached hydrogens (tertiary/aromatic N) is 3. The molecule has 36 heavy (non-hydrogen) atoms. The van der Waals surface area contributed by atoms with Crippen LogP contribution in [0.5, 0.6) is 5.75 Å². The Morgan fingerprint density at radius 2 is 1.89 bits per heavy atom. The van der Waals surface area contributed by atoms with Gasteiger partial charge in [-0.2, -0.15) is 0 Å². The summed E-state index contributed by atoms with van der Waals surface area (Å²) in [6, 6.07) is 16.0. The van der Waals surface area contributed by atoms with E-state index in [4.69, 9.17) is 21.1 Å². The van der Waals surface area contributed by atoms with Crippen LogP contribution in [0.3, 0.4) is 0 Å². The van der Waals surface area contributed by atoms with Crippen LogP contribution < -0.4 is 16.3 Å². The van der Waals surface area contributed by atoms with Crippen molar-refractivity contribution in [3.63, 3.8) is 0 Å². The number of hydrogen-bond donors (Lipinski definition) is 3. The molecule has 0 bridgehead atoms. The highest BCUT2D eigenvalue weighted by Crippen LogP contribution is 2.33. The fraction of sp³-hybridized carbons (Fsp3) is 0.280. The van der Waals surface area contributed by atoms with Gasteiger partial charge in [-0.05, 0) is 59.1 Å². The Balaban J connectivity index is 1.71. The molecule has 1 aromatic carbocycles. The Morgan fingerprint density at radius 3 is 2.50 bits per heavy atom. The quantitative estimate of drug-likeness (QED) is 0.149. The maximum Gasteiger partial charge on any atom is 0.330 e. The van der Waals surface area contributed by atoms with Crippen LogP contribution in [0.25, 0.3) is 10.6 Å². The minimum Gasteiger partial charge on any atom is -0.497 e. The Morgan fingerprint density at radius 1 is 1.17 bits per heavy atom. The first-order valence-corrected chi connectivity index (χ1v) is 14.1. The van der Waals surface area contributed by atoms with E-state index in [0.29, 0.717) is 17.9 Å². The number of methoxy groups -OCH3 is 2. The minimum atomic E-state index is -2.90. The van der Waals surface area contributed by atoms with Crippen LogP contribution in [0.2, 0.25) is 0 Å². The van der Waals surface area contributed by atoms with Crippen LogP contribution >= 0.6 is 11.3 Å². The predicted molar refractivity (Wildman–Crippen MR) is 145 cm³/mol. The average Bonchev–Trinajstić information content (AvgIpc) is 3.39. The summed E-state index contributed by atoms with van der Waals surface area (Å²) < 4.78 is 26.2. The van der Waals surface area contributed by atoms with E-state index in [2.05, 4.69) is 4.98 Å². The van der Waals surface area contributed by atoms with Crippen molar-refractivity contribution in [2.45, 2.75) is 16.7 Å². The average molecular weight is 532 g/mol. The molecule has 194 valence electrons. The van der Waals surface area contributed by atoms with Gasteiger partial charge in [0.15, 0.2) is 0 Å². The van der Waals surface area contributed by atoms with Gasteiger partial charge in [-0.1, -0.05) is 18.2 Å². The molecular formula is C25H33N5O4S2. The van der Waals surface area contributed by atoms with Crippen LogP contribution in [0.4, 0.5) is 0 Å². The van der Waals surface area contributed by atoms with Crippen molar-refractivity contribution in [3.05, 3.63) is 78.3 Å². The highest BCUT2D eigenvalue weighted by atomic mass is 32.3. The topological polar surface area (TPSA) is 124 Å². The Bertz CT molecular complexity index is 1230. The smallest absolute Gasteiger partial charge is 0.330 e. The van der Waals surface area contributed by atoms with E-state index in [-0.39, 0.29) is 6.54 Å². The SMILES string of the molecule is COC(=O)[C@H](Cc1ccc(OC)cc1)N(N)/C=C(\N)CN(C)[SH](C)(=O)c1ccc(-c2ccccn2)s1. The lowest BCUT2D eigenvalue weighted by atomic mass is 10.1. The number of nitrogens with two attached hydrogens (primary N) is 2. The lowest BCUT2D eigenvalue weighted by molar-refractivity contribution is -0.146. The highest BCUT2D eigenvalue weighted by Gasteiger charge is 2.25. The number of pyridine rings is 1. The zero-order chi connectivity index (χ0) is 26.3. The van der Waals surface area contributed by atoms with Crippen molar-refractivity contribution in [2.75, 3.05) is 34.1 Å². The molecule has 0 aliphatic carbocycles. The number of rotatable bonds is 11. The van der Waals surface area contributed by atoms with Crippen LogP contribution in [0, 0.1) is 0 Å². The number of esters is 1.